The molecule has 19 heavy (non-hydrogen) atoms. The summed E-state index contributed by atoms with van der Waals surface area (Å²) in [6, 6.07) is 13.2. The Hall–Kier alpha value is -1.82. The van der Waals surface area contributed by atoms with Gasteiger partial charge in [-0.15, -0.1) is 0 Å². The molecule has 0 atom stereocenters. The molecule has 2 rings (SSSR count). The van der Waals surface area contributed by atoms with Gasteiger partial charge in [0.2, 0.25) is 0 Å². The number of rotatable bonds is 2. The molecular weight excluding hydrogens is 228 g/mol. The third kappa shape index (κ3) is 3.14. The molecule has 2 aromatic rings. The fourth-order valence-corrected chi connectivity index (χ4v) is 2.35. The van der Waals surface area contributed by atoms with E-state index >= 15 is 0 Å². The lowest BCUT2D eigenvalue weighted by Crippen LogP contribution is -1.89. The molecule has 0 saturated carbocycles. The molecular formula is C19H22. The van der Waals surface area contributed by atoms with Gasteiger partial charge in [0.15, 0.2) is 0 Å². The van der Waals surface area contributed by atoms with E-state index in [1.54, 1.807) is 0 Å². The van der Waals surface area contributed by atoms with Crippen molar-refractivity contribution in [1.82, 2.24) is 0 Å². The maximum absolute atomic E-state index is 2.29. The highest BCUT2D eigenvalue weighted by Gasteiger charge is 2.02. The predicted octanol–water partition coefficient (Wildman–Crippen LogP) is 5.48. The van der Waals surface area contributed by atoms with Crippen molar-refractivity contribution in [3.05, 3.63) is 69.8 Å². The van der Waals surface area contributed by atoms with Crippen molar-refractivity contribution in [2.45, 2.75) is 34.6 Å². The molecule has 2 aromatic carbocycles. The minimum Gasteiger partial charge on any atom is -0.0614 e. The van der Waals surface area contributed by atoms with Crippen LogP contribution in [0.5, 0.6) is 0 Å². The number of benzene rings is 2. The Bertz CT molecular complexity index is 630. The van der Waals surface area contributed by atoms with Gasteiger partial charge in [-0.05, 0) is 68.0 Å². The molecule has 0 fully saturated rings. The van der Waals surface area contributed by atoms with Gasteiger partial charge in [0, 0.05) is 0 Å². The van der Waals surface area contributed by atoms with Crippen LogP contribution in [0.4, 0.5) is 0 Å². The van der Waals surface area contributed by atoms with Crippen LogP contribution in [0.3, 0.4) is 0 Å². The molecule has 0 N–H and O–H groups in total. The van der Waals surface area contributed by atoms with Crippen molar-refractivity contribution in [3.8, 4) is 0 Å². The molecule has 98 valence electrons. The van der Waals surface area contributed by atoms with E-state index in [-0.39, 0.29) is 0 Å². The van der Waals surface area contributed by atoms with E-state index in [1.165, 1.54) is 39.0 Å². The van der Waals surface area contributed by atoms with E-state index in [2.05, 4.69) is 77.1 Å². The van der Waals surface area contributed by atoms with Crippen LogP contribution in [0.2, 0.25) is 0 Å². The maximum atomic E-state index is 2.29. The summed E-state index contributed by atoms with van der Waals surface area (Å²) in [6.45, 7) is 10.8. The van der Waals surface area contributed by atoms with Crippen molar-refractivity contribution in [3.63, 3.8) is 0 Å². The molecule has 0 saturated heterocycles. The van der Waals surface area contributed by atoms with Crippen molar-refractivity contribution in [2.24, 2.45) is 0 Å². The highest BCUT2D eigenvalue weighted by Crippen LogP contribution is 2.22. The predicted molar refractivity (Wildman–Crippen MR) is 85.4 cm³/mol. The average molecular weight is 250 g/mol. The first-order valence-electron chi connectivity index (χ1n) is 6.80. The van der Waals surface area contributed by atoms with E-state index in [9.17, 15) is 0 Å². The Morgan fingerprint density at radius 3 is 2.21 bits per heavy atom. The molecule has 0 aliphatic carbocycles. The zero-order valence-electron chi connectivity index (χ0n) is 12.5. The largest absolute Gasteiger partial charge is 0.0614 e. The van der Waals surface area contributed by atoms with Crippen molar-refractivity contribution in [1.29, 1.82) is 0 Å². The zero-order chi connectivity index (χ0) is 14.0. The van der Waals surface area contributed by atoms with Crippen molar-refractivity contribution < 1.29 is 0 Å². The van der Waals surface area contributed by atoms with Crippen LogP contribution in [0.15, 0.2) is 36.4 Å². The molecule has 0 bridgehead atoms. The van der Waals surface area contributed by atoms with Crippen LogP contribution < -0.4 is 0 Å². The lowest BCUT2D eigenvalue weighted by Gasteiger charge is -2.08. The summed E-state index contributed by atoms with van der Waals surface area (Å²) >= 11 is 0. The molecule has 0 aromatic heterocycles. The molecule has 0 heteroatoms. The smallest absolute Gasteiger partial charge is 0.0222 e. The summed E-state index contributed by atoms with van der Waals surface area (Å²) in [5, 5.41) is 0. The normalized spacial score (nSPS) is 11.7. The summed E-state index contributed by atoms with van der Waals surface area (Å²) in [4.78, 5) is 0. The van der Waals surface area contributed by atoms with E-state index in [0.29, 0.717) is 0 Å². The van der Waals surface area contributed by atoms with E-state index in [1.807, 2.05) is 0 Å². The first-order chi connectivity index (χ1) is 8.97. The van der Waals surface area contributed by atoms with Crippen LogP contribution in [-0.4, -0.2) is 0 Å². The summed E-state index contributed by atoms with van der Waals surface area (Å²) in [6.07, 6.45) is 2.29. The van der Waals surface area contributed by atoms with E-state index in [0.717, 1.165) is 0 Å². The minimum atomic E-state index is 1.30. The van der Waals surface area contributed by atoms with Crippen molar-refractivity contribution in [2.75, 3.05) is 0 Å². The van der Waals surface area contributed by atoms with E-state index < -0.39 is 0 Å². The number of hydrogen-bond donors (Lipinski definition) is 0. The van der Waals surface area contributed by atoms with Gasteiger partial charge in [0.05, 0.1) is 0 Å². The van der Waals surface area contributed by atoms with Gasteiger partial charge < -0.3 is 0 Å². The van der Waals surface area contributed by atoms with Gasteiger partial charge >= 0.3 is 0 Å². The monoisotopic (exact) mass is 250 g/mol. The lowest BCUT2D eigenvalue weighted by molar-refractivity contribution is 1.29. The summed E-state index contributed by atoms with van der Waals surface area (Å²) in [5.74, 6) is 0. The molecule has 0 nitrogen and oxygen atoms in total. The molecule has 0 aliphatic heterocycles. The standard InChI is InChI=1S/C19H22/c1-13-7-6-8-18(9-13)17(5)12-19-11-15(3)14(2)10-16(19)4/h6-12H,1-5H3/b17-12+. The van der Waals surface area contributed by atoms with Crippen LogP contribution in [-0.2, 0) is 0 Å². The van der Waals surface area contributed by atoms with Gasteiger partial charge in [-0.1, -0.05) is 48.0 Å². The Morgan fingerprint density at radius 2 is 1.53 bits per heavy atom. The molecule has 0 unspecified atom stereocenters. The van der Waals surface area contributed by atoms with Gasteiger partial charge in [-0.2, -0.15) is 0 Å². The van der Waals surface area contributed by atoms with Gasteiger partial charge in [0.1, 0.15) is 0 Å². The Morgan fingerprint density at radius 1 is 0.842 bits per heavy atom. The van der Waals surface area contributed by atoms with Crippen molar-refractivity contribution >= 4 is 11.6 Å². The quantitative estimate of drug-likeness (QED) is 0.619. The second-order valence-corrected chi connectivity index (χ2v) is 5.49. The summed E-state index contributed by atoms with van der Waals surface area (Å²) in [5.41, 5.74) is 9.31. The number of hydrogen-bond acceptors (Lipinski definition) is 0. The summed E-state index contributed by atoms with van der Waals surface area (Å²) < 4.78 is 0. The van der Waals surface area contributed by atoms with E-state index in [4.69, 9.17) is 0 Å². The fourth-order valence-electron chi connectivity index (χ4n) is 2.35. The lowest BCUT2D eigenvalue weighted by atomic mass is 9.97. The fraction of sp³-hybridized carbons (Fsp3) is 0.263. The van der Waals surface area contributed by atoms with Crippen LogP contribution >= 0.6 is 0 Å². The third-order valence-corrected chi connectivity index (χ3v) is 3.73. The molecule has 0 heterocycles. The van der Waals surface area contributed by atoms with Crippen LogP contribution in [0.1, 0.15) is 40.3 Å². The number of allylic oxidation sites excluding steroid dienone is 1. The highest BCUT2D eigenvalue weighted by molar-refractivity contribution is 5.81. The van der Waals surface area contributed by atoms with Gasteiger partial charge in [-0.25, -0.2) is 0 Å². The van der Waals surface area contributed by atoms with Gasteiger partial charge in [0.25, 0.3) is 0 Å². The molecule has 0 radical (unpaired) electrons. The first kappa shape index (κ1) is 13.6. The zero-order valence-corrected chi connectivity index (χ0v) is 12.5. The summed E-state index contributed by atoms with van der Waals surface area (Å²) in [7, 11) is 0. The highest BCUT2D eigenvalue weighted by atomic mass is 14.1. The number of aryl methyl sites for hydroxylation is 4. The van der Waals surface area contributed by atoms with Crippen LogP contribution in [0.25, 0.3) is 11.6 Å². The van der Waals surface area contributed by atoms with Crippen LogP contribution in [0, 0.1) is 27.7 Å². The minimum absolute atomic E-state index is 1.30. The Labute approximate surface area is 116 Å². The molecule has 0 spiro atoms. The molecule has 0 aliphatic rings. The topological polar surface area (TPSA) is 0 Å². The second kappa shape index (κ2) is 5.44. The third-order valence-electron chi connectivity index (χ3n) is 3.73. The molecule has 0 amide bonds. The SMILES string of the molecule is C/C(=C\c1cc(C)c(C)cc1C)c1cccc(C)c1. The Kier molecular flexibility index (Phi) is 3.90. The van der Waals surface area contributed by atoms with Gasteiger partial charge in [-0.3, -0.25) is 0 Å². The average Bonchev–Trinajstić information content (AvgIpc) is 2.36. The second-order valence-electron chi connectivity index (χ2n) is 5.49. The first-order valence-corrected chi connectivity index (χ1v) is 6.80. The maximum Gasteiger partial charge on any atom is -0.0222 e. The Balaban J connectivity index is 2.43.